The van der Waals surface area contributed by atoms with Gasteiger partial charge in [-0.2, -0.15) is 0 Å². The number of hydrogen-bond donors (Lipinski definition) is 2. The van der Waals surface area contributed by atoms with Crippen LogP contribution in [0.5, 0.6) is 0 Å². The number of aliphatic hydroxyl groups excluding tert-OH is 1. The van der Waals surface area contributed by atoms with Gasteiger partial charge < -0.3 is 19.6 Å². The molecule has 47 heavy (non-hydrogen) atoms. The van der Waals surface area contributed by atoms with Crippen LogP contribution in [0.1, 0.15) is 75.9 Å². The van der Waals surface area contributed by atoms with Crippen LogP contribution >= 0.6 is 11.6 Å². The second-order valence-corrected chi connectivity index (χ2v) is 13.6. The zero-order chi connectivity index (χ0) is 33.6. The number of rotatable bonds is 9. The van der Waals surface area contributed by atoms with Crippen molar-refractivity contribution in [1.29, 1.82) is 0 Å². The molecule has 0 aliphatic carbocycles. The minimum Gasteiger partial charge on any atom is -0.392 e. The first-order valence-corrected chi connectivity index (χ1v) is 16.8. The van der Waals surface area contributed by atoms with Crippen LogP contribution in [0.3, 0.4) is 0 Å². The van der Waals surface area contributed by atoms with Gasteiger partial charge in [0.1, 0.15) is 0 Å². The molecule has 6 rings (SSSR count). The Balaban J connectivity index is 1.21. The molecule has 0 saturated heterocycles. The maximum Gasteiger partial charge on any atom is 0.291 e. The normalized spacial score (nSPS) is 15.9. The molecule has 248 valence electrons. The van der Waals surface area contributed by atoms with Gasteiger partial charge in [-0.25, -0.2) is 9.97 Å². The summed E-state index contributed by atoms with van der Waals surface area (Å²) in [6.07, 6.45) is 1.36. The summed E-state index contributed by atoms with van der Waals surface area (Å²) in [6, 6.07) is 11.9. The predicted molar refractivity (Wildman–Crippen MR) is 184 cm³/mol. The monoisotopic (exact) mass is 657 g/mol. The molecule has 2 aromatic carbocycles. The third-order valence-corrected chi connectivity index (χ3v) is 10.1. The lowest BCUT2D eigenvalue weighted by atomic mass is 9.96. The SMILES string of the molecule is Cc1c(NC(=O)c2nc3c(n2C)CCN(C[C@H](C)O)C3)cccc1-c1cccc(CC(=O)c2nc3c(n2C)CCN(C(C)C)C3)c1Cl. The lowest BCUT2D eigenvalue weighted by Gasteiger charge is -2.29. The standard InChI is InChI=1S/C36H44ClN7O3/c1-21(2)44-16-14-31-29(20-44)38-34(41(31)5)32(46)17-24-9-7-11-26(33(24)37)25-10-8-12-27(23(25)4)40-36(47)35-39-28-19-43(18-22(3)45)15-13-30(28)42(35)6/h7-12,21-22,45H,13-20H2,1-6H3,(H,40,47)/t22-/m0/s1. The first kappa shape index (κ1) is 33.1. The Hall–Kier alpha value is -3.83. The Kier molecular flexibility index (Phi) is 9.40. The van der Waals surface area contributed by atoms with Gasteiger partial charge in [0.15, 0.2) is 11.6 Å². The molecule has 1 amide bonds. The molecule has 2 aromatic heterocycles. The summed E-state index contributed by atoms with van der Waals surface area (Å²) in [6.45, 7) is 11.8. The third-order valence-electron chi connectivity index (χ3n) is 9.63. The van der Waals surface area contributed by atoms with Crippen LogP contribution in [-0.4, -0.2) is 77.5 Å². The van der Waals surface area contributed by atoms with Crippen molar-refractivity contribution >= 4 is 29.0 Å². The Morgan fingerprint density at radius 2 is 1.55 bits per heavy atom. The quantitative estimate of drug-likeness (QED) is 0.245. The summed E-state index contributed by atoms with van der Waals surface area (Å²) in [7, 11) is 3.80. The highest BCUT2D eigenvalue weighted by Gasteiger charge is 2.28. The number of amides is 1. The first-order chi connectivity index (χ1) is 22.4. The van der Waals surface area contributed by atoms with Crippen molar-refractivity contribution in [3.8, 4) is 11.1 Å². The summed E-state index contributed by atoms with van der Waals surface area (Å²) in [5.41, 5.74) is 7.95. The predicted octanol–water partition coefficient (Wildman–Crippen LogP) is 4.97. The summed E-state index contributed by atoms with van der Waals surface area (Å²) in [4.78, 5) is 41.1. The van der Waals surface area contributed by atoms with E-state index >= 15 is 0 Å². The van der Waals surface area contributed by atoms with Crippen LogP contribution in [0.2, 0.25) is 5.02 Å². The molecular weight excluding hydrogens is 614 g/mol. The van der Waals surface area contributed by atoms with E-state index in [0.29, 0.717) is 41.5 Å². The molecule has 0 spiro atoms. The molecule has 0 saturated carbocycles. The minimum absolute atomic E-state index is 0.0680. The summed E-state index contributed by atoms with van der Waals surface area (Å²) in [5, 5.41) is 13.4. The number of nitrogens with zero attached hydrogens (tertiary/aromatic N) is 6. The zero-order valence-corrected chi connectivity index (χ0v) is 28.9. The Morgan fingerprint density at radius 3 is 2.28 bits per heavy atom. The highest BCUT2D eigenvalue weighted by molar-refractivity contribution is 6.34. The molecule has 2 aliphatic rings. The van der Waals surface area contributed by atoms with E-state index in [9.17, 15) is 14.7 Å². The number of nitrogens with one attached hydrogen (secondary N) is 1. The van der Waals surface area contributed by atoms with Gasteiger partial charge in [0.05, 0.1) is 22.5 Å². The first-order valence-electron chi connectivity index (χ1n) is 16.4. The lowest BCUT2D eigenvalue weighted by molar-refractivity contribution is 0.0977. The average Bonchev–Trinajstić information content (AvgIpc) is 3.54. The number of imidazole rings is 2. The molecule has 10 nitrogen and oxygen atoms in total. The van der Waals surface area contributed by atoms with E-state index in [1.807, 2.05) is 66.6 Å². The molecule has 1 atom stereocenters. The maximum absolute atomic E-state index is 13.6. The maximum atomic E-state index is 13.6. The van der Waals surface area contributed by atoms with Gasteiger partial charge in [0.2, 0.25) is 5.78 Å². The van der Waals surface area contributed by atoms with Gasteiger partial charge in [-0.15, -0.1) is 0 Å². The number of aromatic nitrogens is 4. The summed E-state index contributed by atoms with van der Waals surface area (Å²) in [5.74, 6) is 0.463. The van der Waals surface area contributed by atoms with Crippen molar-refractivity contribution in [2.45, 2.75) is 72.2 Å². The Morgan fingerprint density at radius 1 is 0.915 bits per heavy atom. The summed E-state index contributed by atoms with van der Waals surface area (Å²) < 4.78 is 3.83. The molecular formula is C36H44ClN7O3. The number of anilines is 1. The van der Waals surface area contributed by atoms with E-state index in [0.717, 1.165) is 77.5 Å². The van der Waals surface area contributed by atoms with E-state index in [2.05, 4.69) is 29.0 Å². The average molecular weight is 658 g/mol. The topological polar surface area (TPSA) is 109 Å². The fourth-order valence-electron chi connectivity index (χ4n) is 6.97. The lowest BCUT2D eigenvalue weighted by Crippen LogP contribution is -2.36. The van der Waals surface area contributed by atoms with E-state index in [1.165, 1.54) is 0 Å². The Labute approximate surface area is 281 Å². The second-order valence-electron chi connectivity index (χ2n) is 13.2. The van der Waals surface area contributed by atoms with Gasteiger partial charge in [-0.3, -0.25) is 19.4 Å². The summed E-state index contributed by atoms with van der Waals surface area (Å²) >= 11 is 7.01. The molecule has 2 N–H and O–H groups in total. The van der Waals surface area contributed by atoms with Gasteiger partial charge in [0.25, 0.3) is 5.91 Å². The van der Waals surface area contributed by atoms with E-state index in [-0.39, 0.29) is 18.1 Å². The van der Waals surface area contributed by atoms with Crippen molar-refractivity contribution in [3.63, 3.8) is 0 Å². The van der Waals surface area contributed by atoms with Crippen LogP contribution in [0, 0.1) is 6.92 Å². The molecule has 2 aliphatic heterocycles. The van der Waals surface area contributed by atoms with Gasteiger partial charge in [-0.1, -0.05) is 41.9 Å². The molecule has 4 aromatic rings. The fourth-order valence-corrected chi connectivity index (χ4v) is 7.27. The van der Waals surface area contributed by atoms with Crippen molar-refractivity contribution in [1.82, 2.24) is 28.9 Å². The van der Waals surface area contributed by atoms with Crippen molar-refractivity contribution in [2.24, 2.45) is 14.1 Å². The molecule has 0 fully saturated rings. The number of fused-ring (bicyclic) bond motifs is 2. The van der Waals surface area contributed by atoms with Crippen molar-refractivity contribution < 1.29 is 14.7 Å². The van der Waals surface area contributed by atoms with Crippen molar-refractivity contribution in [2.75, 3.05) is 25.0 Å². The number of carbonyl (C=O) groups excluding carboxylic acids is 2. The van der Waals surface area contributed by atoms with Crippen LogP contribution in [-0.2, 0) is 46.4 Å². The second kappa shape index (κ2) is 13.4. The van der Waals surface area contributed by atoms with Gasteiger partial charge in [0, 0.05) is 94.8 Å². The highest BCUT2D eigenvalue weighted by Crippen LogP contribution is 2.36. The van der Waals surface area contributed by atoms with E-state index < -0.39 is 6.10 Å². The van der Waals surface area contributed by atoms with E-state index in [4.69, 9.17) is 21.6 Å². The molecule has 0 bridgehead atoms. The number of ketones is 1. The molecule has 11 heteroatoms. The third kappa shape index (κ3) is 6.52. The van der Waals surface area contributed by atoms with Gasteiger partial charge >= 0.3 is 0 Å². The number of hydrogen-bond acceptors (Lipinski definition) is 7. The molecule has 4 heterocycles. The van der Waals surface area contributed by atoms with Crippen LogP contribution in [0.25, 0.3) is 11.1 Å². The van der Waals surface area contributed by atoms with Crippen molar-refractivity contribution in [3.05, 3.63) is 87.0 Å². The number of β-amino-alcohol motifs (C(OH)–C–C–N with tert-alkyl or cyclic N) is 1. The van der Waals surface area contributed by atoms with Crippen LogP contribution < -0.4 is 5.32 Å². The highest BCUT2D eigenvalue weighted by atomic mass is 35.5. The number of benzene rings is 2. The number of carbonyl (C=O) groups is 2. The molecule has 0 unspecified atom stereocenters. The van der Waals surface area contributed by atoms with Crippen LogP contribution in [0.15, 0.2) is 36.4 Å². The smallest absolute Gasteiger partial charge is 0.291 e. The largest absolute Gasteiger partial charge is 0.392 e. The number of halogens is 1. The van der Waals surface area contributed by atoms with E-state index in [1.54, 1.807) is 6.92 Å². The molecule has 0 radical (unpaired) electrons. The zero-order valence-electron chi connectivity index (χ0n) is 28.1. The number of aliphatic hydroxyl groups is 1. The minimum atomic E-state index is -0.421. The van der Waals surface area contributed by atoms with Crippen LogP contribution in [0.4, 0.5) is 5.69 Å². The number of Topliss-reactive ketones (excluding diaryl/α,β-unsaturated/α-hetero) is 1. The van der Waals surface area contributed by atoms with Gasteiger partial charge in [-0.05, 0) is 50.5 Å². The Bertz CT molecular complexity index is 1840. The fraction of sp³-hybridized carbons (Fsp3) is 0.444.